The molecule has 0 spiro atoms. The molecule has 0 aliphatic carbocycles. The maximum Gasteiger partial charge on any atom is 0.161 e. The predicted octanol–water partition coefficient (Wildman–Crippen LogP) is 3.06. The Morgan fingerprint density at radius 3 is 2.93 bits per heavy atom. The molecule has 1 heterocycles. The van der Waals surface area contributed by atoms with Crippen LogP contribution in [0.3, 0.4) is 0 Å². The Morgan fingerprint density at radius 2 is 2.40 bits per heavy atom. The quantitative estimate of drug-likeness (QED) is 0.714. The molecule has 0 aromatic carbocycles. The lowest BCUT2D eigenvalue weighted by molar-refractivity contribution is -0.129. The molecule has 1 rings (SSSR count). The van der Waals surface area contributed by atoms with Gasteiger partial charge in [0.05, 0.1) is 0 Å². The van der Waals surface area contributed by atoms with Crippen LogP contribution in [-0.4, -0.2) is 19.0 Å². The summed E-state index contributed by atoms with van der Waals surface area (Å²) in [7, 11) is 1.61. The van der Waals surface area contributed by atoms with Crippen LogP contribution in [0.4, 0.5) is 0 Å². The molecule has 15 heavy (non-hydrogen) atoms. The molecule has 1 aromatic rings. The fourth-order valence-electron chi connectivity index (χ4n) is 1.53. The second-order valence-corrected chi connectivity index (χ2v) is 4.59. The number of thiophene rings is 1. The molecular formula is C12H18O2S. The van der Waals surface area contributed by atoms with Crippen molar-refractivity contribution >= 4 is 17.1 Å². The van der Waals surface area contributed by atoms with Crippen molar-refractivity contribution in [2.45, 2.75) is 38.7 Å². The number of hydrogen-bond acceptors (Lipinski definition) is 3. The van der Waals surface area contributed by atoms with Crippen molar-refractivity contribution in [1.82, 2.24) is 0 Å². The summed E-state index contributed by atoms with van der Waals surface area (Å²) in [5.41, 5.74) is 0. The Balaban J connectivity index is 2.34. The van der Waals surface area contributed by atoms with Crippen molar-refractivity contribution < 1.29 is 9.53 Å². The monoisotopic (exact) mass is 226 g/mol. The van der Waals surface area contributed by atoms with Gasteiger partial charge in [0.15, 0.2) is 5.78 Å². The zero-order chi connectivity index (χ0) is 11.1. The van der Waals surface area contributed by atoms with Gasteiger partial charge in [-0.05, 0) is 24.3 Å². The van der Waals surface area contributed by atoms with Crippen LogP contribution in [0.1, 0.15) is 31.1 Å². The molecule has 1 atom stereocenters. The second-order valence-electron chi connectivity index (χ2n) is 3.56. The Hall–Kier alpha value is -0.670. The normalized spacial score (nSPS) is 12.7. The van der Waals surface area contributed by atoms with Gasteiger partial charge in [0.1, 0.15) is 6.10 Å². The molecule has 1 aromatic heterocycles. The van der Waals surface area contributed by atoms with Gasteiger partial charge in [-0.2, -0.15) is 0 Å². The molecule has 0 fully saturated rings. The van der Waals surface area contributed by atoms with E-state index in [0.29, 0.717) is 6.42 Å². The highest BCUT2D eigenvalue weighted by Crippen LogP contribution is 2.13. The SMILES string of the molecule is CCCC(OC)C(=O)CCc1cccs1. The average molecular weight is 226 g/mol. The number of ether oxygens (including phenoxy) is 1. The molecule has 0 saturated heterocycles. The summed E-state index contributed by atoms with van der Waals surface area (Å²) < 4.78 is 5.18. The topological polar surface area (TPSA) is 26.3 Å². The summed E-state index contributed by atoms with van der Waals surface area (Å²) in [4.78, 5) is 13.0. The largest absolute Gasteiger partial charge is 0.374 e. The van der Waals surface area contributed by atoms with E-state index in [1.807, 2.05) is 11.4 Å². The zero-order valence-corrected chi connectivity index (χ0v) is 10.2. The van der Waals surface area contributed by atoms with Crippen molar-refractivity contribution in [2.75, 3.05) is 7.11 Å². The highest BCUT2D eigenvalue weighted by Gasteiger charge is 2.16. The molecular weight excluding hydrogens is 208 g/mol. The van der Waals surface area contributed by atoms with Crippen molar-refractivity contribution in [3.8, 4) is 0 Å². The van der Waals surface area contributed by atoms with Crippen molar-refractivity contribution in [2.24, 2.45) is 0 Å². The molecule has 0 bridgehead atoms. The predicted molar refractivity (Wildman–Crippen MR) is 63.4 cm³/mol. The molecule has 1 unspecified atom stereocenters. The van der Waals surface area contributed by atoms with Crippen LogP contribution in [0.2, 0.25) is 0 Å². The standard InChI is InChI=1S/C12H18O2S/c1-3-5-12(14-2)11(13)8-7-10-6-4-9-15-10/h4,6,9,12H,3,5,7-8H2,1-2H3. The van der Waals surface area contributed by atoms with E-state index in [1.54, 1.807) is 18.4 Å². The Bertz CT molecular complexity index is 280. The van der Waals surface area contributed by atoms with Crippen molar-refractivity contribution in [3.05, 3.63) is 22.4 Å². The summed E-state index contributed by atoms with van der Waals surface area (Å²) in [5, 5.41) is 2.04. The van der Waals surface area contributed by atoms with Crippen LogP contribution in [0.25, 0.3) is 0 Å². The fraction of sp³-hybridized carbons (Fsp3) is 0.583. The summed E-state index contributed by atoms with van der Waals surface area (Å²) in [5.74, 6) is 0.229. The number of methoxy groups -OCH3 is 1. The third-order valence-electron chi connectivity index (χ3n) is 2.39. The molecule has 3 heteroatoms. The molecule has 0 aliphatic heterocycles. The first kappa shape index (κ1) is 12.4. The maximum atomic E-state index is 11.7. The van der Waals surface area contributed by atoms with E-state index >= 15 is 0 Å². The van der Waals surface area contributed by atoms with Crippen molar-refractivity contribution in [1.29, 1.82) is 0 Å². The molecule has 0 amide bonds. The number of Topliss-reactive ketones (excluding diaryl/α,β-unsaturated/α-hetero) is 1. The van der Waals surface area contributed by atoms with E-state index in [4.69, 9.17) is 4.74 Å². The first-order valence-electron chi connectivity index (χ1n) is 5.35. The first-order valence-corrected chi connectivity index (χ1v) is 6.23. The summed E-state index contributed by atoms with van der Waals surface area (Å²) in [6, 6.07) is 4.09. The highest BCUT2D eigenvalue weighted by molar-refractivity contribution is 7.09. The van der Waals surface area contributed by atoms with Gasteiger partial charge in [-0.3, -0.25) is 4.79 Å². The lowest BCUT2D eigenvalue weighted by Crippen LogP contribution is -2.22. The number of carbonyl (C=O) groups is 1. The smallest absolute Gasteiger partial charge is 0.161 e. The molecule has 0 N–H and O–H groups in total. The molecule has 84 valence electrons. The molecule has 0 aliphatic rings. The van der Waals surface area contributed by atoms with Gasteiger partial charge < -0.3 is 4.74 Å². The molecule has 0 saturated carbocycles. The molecule has 2 nitrogen and oxygen atoms in total. The van der Waals surface area contributed by atoms with Crippen LogP contribution in [0.5, 0.6) is 0 Å². The van der Waals surface area contributed by atoms with Gasteiger partial charge in [0.25, 0.3) is 0 Å². The number of hydrogen-bond donors (Lipinski definition) is 0. The van der Waals surface area contributed by atoms with Gasteiger partial charge in [0, 0.05) is 18.4 Å². The minimum Gasteiger partial charge on any atom is -0.374 e. The summed E-state index contributed by atoms with van der Waals surface area (Å²) in [6.45, 7) is 2.07. The maximum absolute atomic E-state index is 11.7. The van der Waals surface area contributed by atoms with E-state index in [9.17, 15) is 4.79 Å². The van der Waals surface area contributed by atoms with Crippen LogP contribution in [0, 0.1) is 0 Å². The van der Waals surface area contributed by atoms with E-state index in [1.165, 1.54) is 4.88 Å². The zero-order valence-electron chi connectivity index (χ0n) is 9.36. The molecule has 0 radical (unpaired) electrons. The number of ketones is 1. The lowest BCUT2D eigenvalue weighted by atomic mass is 10.1. The highest BCUT2D eigenvalue weighted by atomic mass is 32.1. The van der Waals surface area contributed by atoms with E-state index in [0.717, 1.165) is 19.3 Å². The van der Waals surface area contributed by atoms with Crippen LogP contribution in [0.15, 0.2) is 17.5 Å². The van der Waals surface area contributed by atoms with Gasteiger partial charge in [-0.15, -0.1) is 11.3 Å². The number of rotatable bonds is 7. The van der Waals surface area contributed by atoms with Crippen LogP contribution >= 0.6 is 11.3 Å². The number of aryl methyl sites for hydroxylation is 1. The van der Waals surface area contributed by atoms with E-state index in [2.05, 4.69) is 13.0 Å². The van der Waals surface area contributed by atoms with Crippen LogP contribution in [-0.2, 0) is 16.0 Å². The van der Waals surface area contributed by atoms with E-state index < -0.39 is 0 Å². The van der Waals surface area contributed by atoms with Gasteiger partial charge in [-0.1, -0.05) is 19.4 Å². The average Bonchev–Trinajstić information content (AvgIpc) is 2.75. The summed E-state index contributed by atoms with van der Waals surface area (Å²) in [6.07, 6.45) is 3.07. The summed E-state index contributed by atoms with van der Waals surface area (Å²) >= 11 is 1.70. The Morgan fingerprint density at radius 1 is 1.60 bits per heavy atom. The lowest BCUT2D eigenvalue weighted by Gasteiger charge is -2.12. The van der Waals surface area contributed by atoms with Crippen molar-refractivity contribution in [3.63, 3.8) is 0 Å². The van der Waals surface area contributed by atoms with Gasteiger partial charge >= 0.3 is 0 Å². The third-order valence-corrected chi connectivity index (χ3v) is 3.33. The minimum absolute atomic E-state index is 0.199. The number of carbonyl (C=O) groups excluding carboxylic acids is 1. The second kappa shape index (κ2) is 6.75. The van der Waals surface area contributed by atoms with Gasteiger partial charge in [0.2, 0.25) is 0 Å². The van der Waals surface area contributed by atoms with Crippen LogP contribution < -0.4 is 0 Å². The van der Waals surface area contributed by atoms with Gasteiger partial charge in [-0.25, -0.2) is 0 Å². The Labute approximate surface area is 95.3 Å². The fourth-order valence-corrected chi connectivity index (χ4v) is 2.24. The third kappa shape index (κ3) is 4.14. The first-order chi connectivity index (χ1) is 7.27. The minimum atomic E-state index is -0.199. The van der Waals surface area contributed by atoms with E-state index in [-0.39, 0.29) is 11.9 Å². The Kier molecular flexibility index (Phi) is 5.58.